The van der Waals surface area contributed by atoms with E-state index in [9.17, 15) is 4.79 Å². The third-order valence-corrected chi connectivity index (χ3v) is 5.57. The summed E-state index contributed by atoms with van der Waals surface area (Å²) < 4.78 is 5.53. The molecule has 0 N–H and O–H groups in total. The van der Waals surface area contributed by atoms with Gasteiger partial charge in [0.25, 0.3) is 0 Å². The molecule has 0 aliphatic rings. The van der Waals surface area contributed by atoms with Crippen molar-refractivity contribution in [2.75, 3.05) is 0 Å². The van der Waals surface area contributed by atoms with Gasteiger partial charge in [-0.1, -0.05) is 52.2 Å². The van der Waals surface area contributed by atoms with Crippen LogP contribution in [0, 0.1) is 5.92 Å². The van der Waals surface area contributed by atoms with Gasteiger partial charge in [-0.05, 0) is 72.7 Å². The number of esters is 1. The summed E-state index contributed by atoms with van der Waals surface area (Å²) in [6.45, 7) is 6.63. The molecule has 0 spiro atoms. The number of carbonyl (C=O) groups excluding carboxylic acids is 1. The minimum absolute atomic E-state index is 0.351. The molecule has 3 aromatic rings. The molecule has 1 aromatic heterocycles. The first-order valence-corrected chi connectivity index (χ1v) is 11.3. The minimum Gasteiger partial charge on any atom is -0.423 e. The molecule has 3 rings (SSSR count). The topological polar surface area (TPSA) is 52.1 Å². The molecule has 0 radical (unpaired) electrons. The lowest BCUT2D eigenvalue weighted by Crippen LogP contribution is -2.08. The monoisotopic (exact) mass is 416 g/mol. The normalized spacial score (nSPS) is 11.8. The van der Waals surface area contributed by atoms with Crippen LogP contribution in [0.2, 0.25) is 0 Å². The Morgan fingerprint density at radius 3 is 2.19 bits per heavy atom. The fourth-order valence-corrected chi connectivity index (χ4v) is 3.37. The van der Waals surface area contributed by atoms with Gasteiger partial charge in [0.1, 0.15) is 5.75 Å². The van der Waals surface area contributed by atoms with Gasteiger partial charge >= 0.3 is 5.97 Å². The average Bonchev–Trinajstić information content (AvgIpc) is 2.80. The maximum atomic E-state index is 12.5. The van der Waals surface area contributed by atoms with E-state index in [0.717, 1.165) is 30.4 Å². The van der Waals surface area contributed by atoms with E-state index in [-0.39, 0.29) is 5.97 Å². The zero-order valence-corrected chi connectivity index (χ0v) is 18.8. The number of ether oxygens (including phenoxy) is 1. The van der Waals surface area contributed by atoms with Crippen molar-refractivity contribution in [2.45, 2.75) is 59.3 Å². The Morgan fingerprint density at radius 2 is 1.58 bits per heavy atom. The predicted molar refractivity (Wildman–Crippen MR) is 125 cm³/mol. The van der Waals surface area contributed by atoms with Gasteiger partial charge in [-0.25, -0.2) is 14.8 Å². The van der Waals surface area contributed by atoms with Gasteiger partial charge in [0.2, 0.25) is 0 Å². The highest BCUT2D eigenvalue weighted by molar-refractivity contribution is 5.91. The van der Waals surface area contributed by atoms with Crippen molar-refractivity contribution in [1.29, 1.82) is 0 Å². The van der Waals surface area contributed by atoms with Crippen molar-refractivity contribution in [3.63, 3.8) is 0 Å². The van der Waals surface area contributed by atoms with E-state index in [1.165, 1.54) is 24.8 Å². The Balaban J connectivity index is 1.58. The highest BCUT2D eigenvalue weighted by Gasteiger charge is 2.10. The lowest BCUT2D eigenvalue weighted by atomic mass is 9.98. The number of hydrogen-bond donors (Lipinski definition) is 0. The zero-order chi connectivity index (χ0) is 22.1. The second-order valence-corrected chi connectivity index (χ2v) is 8.20. The molecule has 0 amide bonds. The Labute approximate surface area is 185 Å². The molecule has 4 heteroatoms. The molecule has 2 aromatic carbocycles. The zero-order valence-electron chi connectivity index (χ0n) is 18.8. The maximum Gasteiger partial charge on any atom is 0.343 e. The van der Waals surface area contributed by atoms with E-state index in [4.69, 9.17) is 4.74 Å². The summed E-state index contributed by atoms with van der Waals surface area (Å²) >= 11 is 0. The van der Waals surface area contributed by atoms with Crippen molar-refractivity contribution in [3.8, 4) is 17.1 Å². The van der Waals surface area contributed by atoms with Crippen molar-refractivity contribution in [2.24, 2.45) is 5.92 Å². The highest BCUT2D eigenvalue weighted by Crippen LogP contribution is 2.21. The van der Waals surface area contributed by atoms with E-state index in [1.807, 2.05) is 48.8 Å². The number of benzene rings is 2. The van der Waals surface area contributed by atoms with Gasteiger partial charge in [-0.15, -0.1) is 0 Å². The van der Waals surface area contributed by atoms with Gasteiger partial charge in [-0.3, -0.25) is 0 Å². The average molecular weight is 417 g/mol. The van der Waals surface area contributed by atoms with Gasteiger partial charge in [0, 0.05) is 18.0 Å². The molecular weight excluding hydrogens is 384 g/mol. The summed E-state index contributed by atoms with van der Waals surface area (Å²) in [4.78, 5) is 21.4. The second kappa shape index (κ2) is 11.4. The summed E-state index contributed by atoms with van der Waals surface area (Å²) in [5.41, 5.74) is 3.86. The first-order chi connectivity index (χ1) is 15.1. The van der Waals surface area contributed by atoms with Crippen molar-refractivity contribution >= 4 is 5.97 Å². The Morgan fingerprint density at radius 1 is 0.903 bits per heavy atom. The van der Waals surface area contributed by atoms with E-state index in [0.29, 0.717) is 23.1 Å². The number of aryl methyl sites for hydroxylation is 1. The van der Waals surface area contributed by atoms with Crippen LogP contribution in [0.1, 0.15) is 67.9 Å². The summed E-state index contributed by atoms with van der Waals surface area (Å²) in [6.07, 6.45) is 10.6. The van der Waals surface area contributed by atoms with Gasteiger partial charge in [-0.2, -0.15) is 0 Å². The highest BCUT2D eigenvalue weighted by atomic mass is 16.5. The molecule has 0 aliphatic heterocycles. The van der Waals surface area contributed by atoms with Crippen molar-refractivity contribution < 1.29 is 9.53 Å². The van der Waals surface area contributed by atoms with E-state index in [1.54, 1.807) is 12.1 Å². The number of carbonyl (C=O) groups is 1. The van der Waals surface area contributed by atoms with Crippen LogP contribution >= 0.6 is 0 Å². The molecule has 4 nitrogen and oxygen atoms in total. The van der Waals surface area contributed by atoms with Crippen molar-refractivity contribution in [3.05, 3.63) is 77.6 Å². The predicted octanol–water partition coefficient (Wildman–Crippen LogP) is 6.68. The fraction of sp³-hybridized carbons (Fsp3) is 0.370. The lowest BCUT2D eigenvalue weighted by Gasteiger charge is -2.09. The summed E-state index contributed by atoms with van der Waals surface area (Å²) in [6, 6.07) is 15.0. The van der Waals surface area contributed by atoms with Gasteiger partial charge in [0.15, 0.2) is 5.82 Å². The van der Waals surface area contributed by atoms with E-state index in [2.05, 4.69) is 30.7 Å². The molecule has 0 unspecified atom stereocenters. The van der Waals surface area contributed by atoms with Gasteiger partial charge < -0.3 is 4.74 Å². The molecule has 31 heavy (non-hydrogen) atoms. The molecule has 1 heterocycles. The Kier molecular flexibility index (Phi) is 8.34. The van der Waals surface area contributed by atoms with Crippen LogP contribution in [0.5, 0.6) is 5.75 Å². The van der Waals surface area contributed by atoms with Crippen LogP contribution in [0.3, 0.4) is 0 Å². The third kappa shape index (κ3) is 6.74. The van der Waals surface area contributed by atoms with Crippen LogP contribution in [0.4, 0.5) is 0 Å². The maximum absolute atomic E-state index is 12.5. The van der Waals surface area contributed by atoms with Gasteiger partial charge in [0.05, 0.1) is 5.56 Å². The molecule has 0 bridgehead atoms. The van der Waals surface area contributed by atoms with E-state index >= 15 is 0 Å². The Bertz CT molecular complexity index is 948. The molecule has 162 valence electrons. The Hall–Kier alpha value is -3.01. The SMILES string of the molecule is CCCCCc1cnc(-c2ccc(OC(=O)c3ccc(C[C@@H](C)CC)cc3)cc2)nc1. The quantitative estimate of drug-likeness (QED) is 0.210. The molecule has 0 saturated carbocycles. The fourth-order valence-electron chi connectivity index (χ4n) is 3.37. The smallest absolute Gasteiger partial charge is 0.343 e. The summed E-state index contributed by atoms with van der Waals surface area (Å²) in [5, 5.41) is 0. The number of unbranched alkanes of at least 4 members (excludes halogenated alkanes) is 2. The lowest BCUT2D eigenvalue weighted by molar-refractivity contribution is 0.0735. The molecule has 0 saturated heterocycles. The number of hydrogen-bond acceptors (Lipinski definition) is 4. The number of rotatable bonds is 10. The van der Waals surface area contributed by atoms with Crippen LogP contribution in [0.15, 0.2) is 60.9 Å². The molecule has 0 fully saturated rings. The standard InChI is InChI=1S/C27H32N2O2/c1-4-6-7-8-22-18-28-26(29-19-22)23-13-15-25(16-14-23)31-27(30)24-11-9-21(10-12-24)17-20(3)5-2/h9-16,18-20H,4-8,17H2,1-3H3/t20-/m0/s1. The first kappa shape index (κ1) is 22.7. The first-order valence-electron chi connectivity index (χ1n) is 11.3. The summed E-state index contributed by atoms with van der Waals surface area (Å²) in [7, 11) is 0. The minimum atomic E-state index is -0.351. The molecule has 0 aliphatic carbocycles. The third-order valence-electron chi connectivity index (χ3n) is 5.57. The van der Waals surface area contributed by atoms with Crippen LogP contribution in [-0.4, -0.2) is 15.9 Å². The number of nitrogens with zero attached hydrogens (tertiary/aromatic N) is 2. The van der Waals surface area contributed by atoms with Crippen LogP contribution in [0.25, 0.3) is 11.4 Å². The van der Waals surface area contributed by atoms with Crippen LogP contribution in [-0.2, 0) is 12.8 Å². The molecular formula is C27H32N2O2. The molecule has 1 atom stereocenters. The second-order valence-electron chi connectivity index (χ2n) is 8.20. The summed E-state index contributed by atoms with van der Waals surface area (Å²) in [5.74, 6) is 1.47. The number of aromatic nitrogens is 2. The van der Waals surface area contributed by atoms with Crippen molar-refractivity contribution in [1.82, 2.24) is 9.97 Å². The van der Waals surface area contributed by atoms with E-state index < -0.39 is 0 Å². The largest absolute Gasteiger partial charge is 0.423 e. The van der Waals surface area contributed by atoms with Crippen LogP contribution < -0.4 is 4.74 Å².